The van der Waals surface area contributed by atoms with E-state index in [0.29, 0.717) is 18.9 Å². The van der Waals surface area contributed by atoms with E-state index in [1.807, 2.05) is 6.92 Å². The van der Waals surface area contributed by atoms with Crippen LogP contribution in [0.2, 0.25) is 0 Å². The van der Waals surface area contributed by atoms with Crippen molar-refractivity contribution in [1.82, 2.24) is 0 Å². The van der Waals surface area contributed by atoms with E-state index in [-0.39, 0.29) is 12.4 Å². The normalized spacial score (nSPS) is 14.7. The van der Waals surface area contributed by atoms with Crippen molar-refractivity contribution in [2.24, 2.45) is 5.92 Å². The van der Waals surface area contributed by atoms with Gasteiger partial charge >= 0.3 is 5.97 Å². The molecule has 2 atom stereocenters. The molecule has 0 aromatic carbocycles. The van der Waals surface area contributed by atoms with Gasteiger partial charge < -0.3 is 9.84 Å². The van der Waals surface area contributed by atoms with E-state index >= 15 is 0 Å². The maximum absolute atomic E-state index is 11.1. The summed E-state index contributed by atoms with van der Waals surface area (Å²) < 4.78 is 5.01. The Kier molecular flexibility index (Phi) is 8.38. The molecule has 0 amide bonds. The van der Waals surface area contributed by atoms with E-state index in [9.17, 15) is 9.90 Å². The van der Waals surface area contributed by atoms with Crippen LogP contribution in [0.25, 0.3) is 0 Å². The molecule has 0 bridgehead atoms. The summed E-state index contributed by atoms with van der Waals surface area (Å²) in [5.74, 6) is 0.415. The van der Waals surface area contributed by atoms with Gasteiger partial charge in [0.15, 0.2) is 0 Å². The van der Waals surface area contributed by atoms with Crippen LogP contribution >= 0.6 is 0 Å². The highest BCUT2D eigenvalue weighted by Gasteiger charge is 2.09. The van der Waals surface area contributed by atoms with Crippen LogP contribution in [-0.2, 0) is 9.53 Å². The molecule has 0 aliphatic carbocycles. The topological polar surface area (TPSA) is 46.5 Å². The van der Waals surface area contributed by atoms with Crippen LogP contribution in [0.3, 0.4) is 0 Å². The number of aliphatic hydroxyl groups excluding tert-OH is 1. The number of aliphatic hydroxyl groups is 1. The van der Waals surface area contributed by atoms with E-state index in [2.05, 4.69) is 13.8 Å². The first-order valence-corrected chi connectivity index (χ1v) is 5.93. The molecule has 0 rings (SSSR count). The number of esters is 1. The summed E-state index contributed by atoms with van der Waals surface area (Å²) in [5, 5.41) is 9.21. The zero-order valence-electron chi connectivity index (χ0n) is 10.2. The Balaban J connectivity index is 3.39. The molecular weight excluding hydrogens is 192 g/mol. The fourth-order valence-corrected chi connectivity index (χ4v) is 1.22. The van der Waals surface area contributed by atoms with Crippen LogP contribution in [0, 0.1) is 5.92 Å². The van der Waals surface area contributed by atoms with E-state index in [0.717, 1.165) is 12.8 Å². The van der Waals surface area contributed by atoms with Crippen molar-refractivity contribution in [3.63, 3.8) is 0 Å². The number of ether oxygens (including phenoxy) is 1. The molecule has 90 valence electrons. The molecular formula is C12H24O3. The lowest BCUT2D eigenvalue weighted by atomic mass is 10.0. The summed E-state index contributed by atoms with van der Waals surface area (Å²) in [6, 6.07) is 0. The van der Waals surface area contributed by atoms with Crippen molar-refractivity contribution >= 4 is 5.97 Å². The minimum atomic E-state index is -0.549. The molecule has 0 radical (unpaired) electrons. The Labute approximate surface area is 92.8 Å². The third-order valence-electron chi connectivity index (χ3n) is 2.67. The fourth-order valence-electron chi connectivity index (χ4n) is 1.22. The van der Waals surface area contributed by atoms with Gasteiger partial charge in [-0.2, -0.15) is 0 Å². The van der Waals surface area contributed by atoms with Crippen LogP contribution in [0.4, 0.5) is 0 Å². The first-order valence-electron chi connectivity index (χ1n) is 5.93. The zero-order chi connectivity index (χ0) is 11.7. The molecule has 15 heavy (non-hydrogen) atoms. The van der Waals surface area contributed by atoms with E-state index in [4.69, 9.17) is 4.74 Å². The number of hydrogen-bond donors (Lipinski definition) is 1. The maximum atomic E-state index is 11.1. The predicted molar refractivity (Wildman–Crippen MR) is 60.6 cm³/mol. The Morgan fingerprint density at radius 1 is 1.33 bits per heavy atom. The summed E-state index contributed by atoms with van der Waals surface area (Å²) in [5.41, 5.74) is 0. The summed E-state index contributed by atoms with van der Waals surface area (Å²) in [4.78, 5) is 11.1. The van der Waals surface area contributed by atoms with Crippen molar-refractivity contribution < 1.29 is 14.6 Å². The number of rotatable bonds is 8. The smallest absolute Gasteiger partial charge is 0.308 e. The lowest BCUT2D eigenvalue weighted by Crippen LogP contribution is -2.15. The van der Waals surface area contributed by atoms with Crippen LogP contribution in [0.5, 0.6) is 0 Å². The average Bonchev–Trinajstić information content (AvgIpc) is 2.23. The average molecular weight is 216 g/mol. The molecule has 0 heterocycles. The zero-order valence-corrected chi connectivity index (χ0v) is 10.2. The van der Waals surface area contributed by atoms with Crippen LogP contribution in [-0.4, -0.2) is 23.8 Å². The minimum Gasteiger partial charge on any atom is -0.466 e. The molecule has 0 fully saturated rings. The van der Waals surface area contributed by atoms with Crippen molar-refractivity contribution in [3.05, 3.63) is 0 Å². The molecule has 3 heteroatoms. The molecule has 0 aromatic rings. The Morgan fingerprint density at radius 2 is 2.00 bits per heavy atom. The third kappa shape index (κ3) is 8.43. The molecule has 0 aromatic heterocycles. The minimum absolute atomic E-state index is 0.125. The van der Waals surface area contributed by atoms with Crippen LogP contribution < -0.4 is 0 Å². The molecule has 2 unspecified atom stereocenters. The summed E-state index contributed by atoms with van der Waals surface area (Å²) >= 11 is 0. The lowest BCUT2D eigenvalue weighted by Gasteiger charge is -2.10. The van der Waals surface area contributed by atoms with Crippen molar-refractivity contribution in [2.75, 3.05) is 6.61 Å². The van der Waals surface area contributed by atoms with Gasteiger partial charge in [0.1, 0.15) is 0 Å². The van der Waals surface area contributed by atoms with Gasteiger partial charge in [-0.3, -0.25) is 4.79 Å². The van der Waals surface area contributed by atoms with E-state index in [1.54, 1.807) is 0 Å². The summed E-state index contributed by atoms with van der Waals surface area (Å²) in [6.45, 7) is 6.69. The Hall–Kier alpha value is -0.570. The van der Waals surface area contributed by atoms with Gasteiger partial charge in [-0.25, -0.2) is 0 Å². The standard InChI is InChI=1S/C12H24O3/c1-4-10(3)7-6-8-15-12(14)9-11(13)5-2/h10-11,13H,4-9H2,1-3H3. The summed E-state index contributed by atoms with van der Waals surface area (Å²) in [6.07, 6.45) is 3.36. The monoisotopic (exact) mass is 216 g/mol. The van der Waals surface area contributed by atoms with Gasteiger partial charge in [0.05, 0.1) is 19.1 Å². The highest BCUT2D eigenvalue weighted by Crippen LogP contribution is 2.09. The highest BCUT2D eigenvalue weighted by molar-refractivity contribution is 5.69. The Bertz CT molecular complexity index is 168. The maximum Gasteiger partial charge on any atom is 0.308 e. The lowest BCUT2D eigenvalue weighted by molar-refractivity contribution is -0.146. The fraction of sp³-hybridized carbons (Fsp3) is 0.917. The van der Waals surface area contributed by atoms with Crippen molar-refractivity contribution in [2.45, 2.75) is 59.0 Å². The number of hydrogen-bond acceptors (Lipinski definition) is 3. The van der Waals surface area contributed by atoms with Crippen LogP contribution in [0.1, 0.15) is 52.9 Å². The number of carbonyl (C=O) groups is 1. The molecule has 0 saturated heterocycles. The van der Waals surface area contributed by atoms with E-state index < -0.39 is 6.10 Å². The predicted octanol–water partition coefficient (Wildman–Crippen LogP) is 2.52. The molecule has 0 aliphatic heterocycles. The molecule has 0 spiro atoms. The quantitative estimate of drug-likeness (QED) is 0.501. The molecule has 1 N–H and O–H groups in total. The van der Waals surface area contributed by atoms with Crippen LogP contribution in [0.15, 0.2) is 0 Å². The first kappa shape index (κ1) is 14.4. The van der Waals surface area contributed by atoms with Gasteiger partial charge in [-0.05, 0) is 25.2 Å². The van der Waals surface area contributed by atoms with E-state index in [1.165, 1.54) is 6.42 Å². The first-order chi connectivity index (χ1) is 7.10. The molecule has 0 aliphatic rings. The number of carbonyl (C=O) groups excluding carboxylic acids is 1. The molecule has 0 saturated carbocycles. The second-order valence-electron chi connectivity index (χ2n) is 4.14. The van der Waals surface area contributed by atoms with Gasteiger partial charge in [0.2, 0.25) is 0 Å². The largest absolute Gasteiger partial charge is 0.466 e. The van der Waals surface area contributed by atoms with Gasteiger partial charge in [0, 0.05) is 0 Å². The van der Waals surface area contributed by atoms with Gasteiger partial charge in [-0.1, -0.05) is 27.2 Å². The van der Waals surface area contributed by atoms with Gasteiger partial charge in [0.25, 0.3) is 0 Å². The second-order valence-corrected chi connectivity index (χ2v) is 4.14. The highest BCUT2D eigenvalue weighted by atomic mass is 16.5. The molecule has 3 nitrogen and oxygen atoms in total. The Morgan fingerprint density at radius 3 is 2.53 bits per heavy atom. The summed E-state index contributed by atoms with van der Waals surface area (Å²) in [7, 11) is 0. The second kappa shape index (κ2) is 8.72. The van der Waals surface area contributed by atoms with Crippen molar-refractivity contribution in [3.8, 4) is 0 Å². The SMILES string of the molecule is CCC(C)CCCOC(=O)CC(O)CC. The third-order valence-corrected chi connectivity index (χ3v) is 2.67. The van der Waals surface area contributed by atoms with Gasteiger partial charge in [-0.15, -0.1) is 0 Å². The van der Waals surface area contributed by atoms with Crippen molar-refractivity contribution in [1.29, 1.82) is 0 Å².